The smallest absolute Gasteiger partial charge is 0.234 e. The molecule has 0 aromatic heterocycles. The minimum atomic E-state index is 0.124. The van der Waals surface area contributed by atoms with Crippen molar-refractivity contribution in [2.45, 2.75) is 25.8 Å². The Balaban J connectivity index is 2.08. The van der Waals surface area contributed by atoms with E-state index in [0.29, 0.717) is 12.6 Å². The van der Waals surface area contributed by atoms with Gasteiger partial charge in [0, 0.05) is 12.6 Å². The fourth-order valence-electron chi connectivity index (χ4n) is 1.71. The summed E-state index contributed by atoms with van der Waals surface area (Å²) in [6.45, 7) is 5.54. The first-order valence-corrected chi connectivity index (χ1v) is 5.41. The fraction of sp³-hybridized carbons (Fsp3) is 0.900. The van der Waals surface area contributed by atoms with Gasteiger partial charge < -0.3 is 15.5 Å². The van der Waals surface area contributed by atoms with Crippen LogP contribution in [0.2, 0.25) is 0 Å². The summed E-state index contributed by atoms with van der Waals surface area (Å²) >= 11 is 0. The maximum Gasteiger partial charge on any atom is 0.234 e. The van der Waals surface area contributed by atoms with E-state index in [2.05, 4.69) is 29.5 Å². The van der Waals surface area contributed by atoms with Crippen LogP contribution in [0.3, 0.4) is 0 Å². The van der Waals surface area contributed by atoms with Crippen molar-refractivity contribution in [2.75, 3.05) is 33.2 Å². The van der Waals surface area contributed by atoms with E-state index in [-0.39, 0.29) is 5.91 Å². The third-order valence-corrected chi connectivity index (χ3v) is 2.47. The molecule has 82 valence electrons. The number of nitrogens with zero attached hydrogens (tertiary/aromatic N) is 1. The summed E-state index contributed by atoms with van der Waals surface area (Å²) in [5.74, 6) is 0.124. The number of hydrogen-bond acceptors (Lipinski definition) is 3. The van der Waals surface area contributed by atoms with E-state index in [9.17, 15) is 4.79 Å². The first-order valence-electron chi connectivity index (χ1n) is 5.41. The van der Waals surface area contributed by atoms with Crippen molar-refractivity contribution >= 4 is 5.91 Å². The van der Waals surface area contributed by atoms with Gasteiger partial charge >= 0.3 is 0 Å². The van der Waals surface area contributed by atoms with Gasteiger partial charge in [0.1, 0.15) is 0 Å². The van der Waals surface area contributed by atoms with Gasteiger partial charge in [-0.1, -0.05) is 6.92 Å². The van der Waals surface area contributed by atoms with Crippen molar-refractivity contribution in [3.05, 3.63) is 0 Å². The predicted molar refractivity (Wildman–Crippen MR) is 57.2 cm³/mol. The largest absolute Gasteiger partial charge is 0.351 e. The molecular weight excluding hydrogens is 178 g/mol. The van der Waals surface area contributed by atoms with E-state index in [4.69, 9.17) is 0 Å². The van der Waals surface area contributed by atoms with Crippen molar-refractivity contribution in [3.8, 4) is 0 Å². The second kappa shape index (κ2) is 5.98. The van der Waals surface area contributed by atoms with Crippen molar-refractivity contribution < 1.29 is 4.79 Å². The van der Waals surface area contributed by atoms with Crippen LogP contribution in [0.5, 0.6) is 0 Å². The number of likely N-dealkylation sites (tertiary alicyclic amines) is 1. The summed E-state index contributed by atoms with van der Waals surface area (Å²) in [5, 5.41) is 6.12. The molecule has 0 bridgehead atoms. The van der Waals surface area contributed by atoms with E-state index in [1.54, 1.807) is 0 Å². The number of carbonyl (C=O) groups is 1. The molecule has 1 atom stereocenters. The molecule has 2 N–H and O–H groups in total. The van der Waals surface area contributed by atoms with Gasteiger partial charge in [0.15, 0.2) is 0 Å². The molecule has 1 amide bonds. The van der Waals surface area contributed by atoms with E-state index in [1.165, 1.54) is 0 Å². The zero-order valence-corrected chi connectivity index (χ0v) is 9.18. The summed E-state index contributed by atoms with van der Waals surface area (Å²) in [5.41, 5.74) is 0. The highest BCUT2D eigenvalue weighted by Gasteiger charge is 2.20. The average Bonchev–Trinajstić information content (AvgIpc) is 2.52. The first-order chi connectivity index (χ1) is 6.72. The molecule has 1 heterocycles. The summed E-state index contributed by atoms with van der Waals surface area (Å²) in [7, 11) is 2.08. The normalized spacial score (nSPS) is 22.6. The number of hydrogen-bond donors (Lipinski definition) is 2. The predicted octanol–water partition coefficient (Wildman–Crippen LogP) is -0.194. The second-order valence-corrected chi connectivity index (χ2v) is 3.99. The molecule has 1 aliphatic rings. The van der Waals surface area contributed by atoms with Crippen LogP contribution in [-0.2, 0) is 4.79 Å². The number of nitrogens with one attached hydrogen (secondary N) is 2. The monoisotopic (exact) mass is 199 g/mol. The molecule has 14 heavy (non-hydrogen) atoms. The lowest BCUT2D eigenvalue weighted by atomic mass is 10.2. The Hall–Kier alpha value is -0.610. The quantitative estimate of drug-likeness (QED) is 0.603. The Morgan fingerprint density at radius 1 is 1.57 bits per heavy atom. The number of amides is 1. The molecule has 0 radical (unpaired) electrons. The fourth-order valence-corrected chi connectivity index (χ4v) is 1.71. The van der Waals surface area contributed by atoms with Crippen LogP contribution in [0.1, 0.15) is 19.8 Å². The van der Waals surface area contributed by atoms with Crippen LogP contribution in [0.25, 0.3) is 0 Å². The molecule has 0 aliphatic carbocycles. The number of rotatable bonds is 5. The highest BCUT2D eigenvalue weighted by Crippen LogP contribution is 2.05. The zero-order valence-electron chi connectivity index (χ0n) is 9.18. The maximum atomic E-state index is 11.4. The third kappa shape index (κ3) is 4.07. The van der Waals surface area contributed by atoms with E-state index in [1.807, 2.05) is 0 Å². The van der Waals surface area contributed by atoms with Gasteiger partial charge in [-0.2, -0.15) is 0 Å². The number of likely N-dealkylation sites (N-methyl/N-ethyl adjacent to an activating group) is 1. The maximum absolute atomic E-state index is 11.4. The van der Waals surface area contributed by atoms with Crippen LogP contribution < -0.4 is 10.6 Å². The highest BCUT2D eigenvalue weighted by molar-refractivity contribution is 5.78. The third-order valence-electron chi connectivity index (χ3n) is 2.47. The average molecular weight is 199 g/mol. The van der Waals surface area contributed by atoms with Gasteiger partial charge in [-0.3, -0.25) is 4.79 Å². The lowest BCUT2D eigenvalue weighted by Crippen LogP contribution is -2.41. The Morgan fingerprint density at radius 3 is 2.93 bits per heavy atom. The van der Waals surface area contributed by atoms with E-state index < -0.39 is 0 Å². The van der Waals surface area contributed by atoms with Gasteiger partial charge in [-0.15, -0.1) is 0 Å². The summed E-state index contributed by atoms with van der Waals surface area (Å²) in [6.07, 6.45) is 2.15. The molecule has 1 unspecified atom stereocenters. The molecule has 1 saturated heterocycles. The van der Waals surface area contributed by atoms with Gasteiger partial charge in [0.05, 0.1) is 6.54 Å². The van der Waals surface area contributed by atoms with Crippen LogP contribution >= 0.6 is 0 Å². The molecular formula is C10H21N3O. The zero-order chi connectivity index (χ0) is 10.4. The van der Waals surface area contributed by atoms with Crippen molar-refractivity contribution in [2.24, 2.45) is 0 Å². The SMILES string of the molecule is CCCNCC(=O)NC1CCN(C)C1. The molecule has 1 rings (SSSR count). The topological polar surface area (TPSA) is 44.4 Å². The van der Waals surface area contributed by atoms with Gasteiger partial charge in [-0.25, -0.2) is 0 Å². The molecule has 0 aromatic carbocycles. The standard InChI is InChI=1S/C10H21N3O/c1-3-5-11-7-10(14)12-9-4-6-13(2)8-9/h9,11H,3-8H2,1-2H3,(H,12,14). The lowest BCUT2D eigenvalue weighted by molar-refractivity contribution is -0.120. The van der Waals surface area contributed by atoms with Crippen LogP contribution in [0.4, 0.5) is 0 Å². The van der Waals surface area contributed by atoms with E-state index in [0.717, 1.165) is 32.5 Å². The molecule has 0 spiro atoms. The van der Waals surface area contributed by atoms with Crippen molar-refractivity contribution in [1.82, 2.24) is 15.5 Å². The minimum absolute atomic E-state index is 0.124. The summed E-state index contributed by atoms with van der Waals surface area (Å²) in [6, 6.07) is 0.357. The Morgan fingerprint density at radius 2 is 2.36 bits per heavy atom. The molecule has 4 nitrogen and oxygen atoms in total. The van der Waals surface area contributed by atoms with Crippen LogP contribution in [0.15, 0.2) is 0 Å². The minimum Gasteiger partial charge on any atom is -0.351 e. The molecule has 4 heteroatoms. The Bertz CT molecular complexity index is 184. The van der Waals surface area contributed by atoms with E-state index >= 15 is 0 Å². The van der Waals surface area contributed by atoms with Gasteiger partial charge in [0.25, 0.3) is 0 Å². The Labute approximate surface area is 86.0 Å². The number of carbonyl (C=O) groups excluding carboxylic acids is 1. The highest BCUT2D eigenvalue weighted by atomic mass is 16.2. The first kappa shape index (κ1) is 11.5. The molecule has 1 aliphatic heterocycles. The van der Waals surface area contributed by atoms with Crippen LogP contribution in [0, 0.1) is 0 Å². The van der Waals surface area contributed by atoms with Crippen molar-refractivity contribution in [1.29, 1.82) is 0 Å². The van der Waals surface area contributed by atoms with Gasteiger partial charge in [0.2, 0.25) is 5.91 Å². The summed E-state index contributed by atoms with van der Waals surface area (Å²) < 4.78 is 0. The molecule has 1 fully saturated rings. The second-order valence-electron chi connectivity index (χ2n) is 3.99. The van der Waals surface area contributed by atoms with Crippen molar-refractivity contribution in [3.63, 3.8) is 0 Å². The Kier molecular flexibility index (Phi) is 4.90. The van der Waals surface area contributed by atoms with Gasteiger partial charge in [-0.05, 0) is 33.0 Å². The summed E-state index contributed by atoms with van der Waals surface area (Å²) in [4.78, 5) is 13.6. The molecule has 0 saturated carbocycles. The lowest BCUT2D eigenvalue weighted by Gasteiger charge is -2.12. The molecule has 0 aromatic rings. The van der Waals surface area contributed by atoms with Crippen LogP contribution in [-0.4, -0.2) is 50.1 Å².